The lowest BCUT2D eigenvalue weighted by Crippen LogP contribution is -2.42. The molecule has 24 heavy (non-hydrogen) atoms. The second-order valence-corrected chi connectivity index (χ2v) is 6.15. The van der Waals surface area contributed by atoms with E-state index < -0.39 is 0 Å². The van der Waals surface area contributed by atoms with Crippen LogP contribution in [0.1, 0.15) is 13.3 Å². The van der Waals surface area contributed by atoms with Gasteiger partial charge in [0, 0.05) is 36.6 Å². The van der Waals surface area contributed by atoms with Gasteiger partial charge in [0.15, 0.2) is 0 Å². The number of benzene rings is 1. The van der Waals surface area contributed by atoms with E-state index in [0.717, 1.165) is 30.9 Å². The number of rotatable bonds is 6. The van der Waals surface area contributed by atoms with E-state index >= 15 is 0 Å². The Labute approximate surface area is 161 Å². The first kappa shape index (κ1) is 23.1. The number of carbonyl (C=O) groups excluding carboxylic acids is 1. The van der Waals surface area contributed by atoms with E-state index in [2.05, 4.69) is 15.5 Å². The van der Waals surface area contributed by atoms with Gasteiger partial charge in [-0.3, -0.25) is 4.79 Å². The van der Waals surface area contributed by atoms with Gasteiger partial charge in [-0.15, -0.1) is 24.8 Å². The van der Waals surface area contributed by atoms with Crippen LogP contribution in [0.5, 0.6) is 5.75 Å². The van der Waals surface area contributed by atoms with Crippen LogP contribution in [0.4, 0.5) is 5.69 Å². The average Bonchev–Trinajstić information content (AvgIpc) is 2.95. The van der Waals surface area contributed by atoms with Crippen molar-refractivity contribution in [3.8, 4) is 5.75 Å². The van der Waals surface area contributed by atoms with E-state index in [-0.39, 0.29) is 42.7 Å². The first-order valence-electron chi connectivity index (χ1n) is 7.58. The number of nitrogens with zero attached hydrogens (tertiary/aromatic N) is 1. The first-order valence-corrected chi connectivity index (χ1v) is 7.96. The molecule has 0 aromatic heterocycles. The Morgan fingerprint density at radius 1 is 1.46 bits per heavy atom. The highest BCUT2D eigenvalue weighted by atomic mass is 35.5. The predicted octanol–water partition coefficient (Wildman–Crippen LogP) is 2.74. The second kappa shape index (κ2) is 10.9. The van der Waals surface area contributed by atoms with Gasteiger partial charge in [-0.2, -0.15) is 0 Å². The van der Waals surface area contributed by atoms with Crippen LogP contribution < -0.4 is 20.3 Å². The van der Waals surface area contributed by atoms with Crippen molar-refractivity contribution >= 4 is 48.0 Å². The van der Waals surface area contributed by atoms with Gasteiger partial charge in [-0.05, 0) is 31.7 Å². The Bertz CT molecular complexity index is 531. The van der Waals surface area contributed by atoms with Crippen molar-refractivity contribution in [1.29, 1.82) is 0 Å². The van der Waals surface area contributed by atoms with Crippen molar-refractivity contribution in [2.45, 2.75) is 19.4 Å². The van der Waals surface area contributed by atoms with Crippen molar-refractivity contribution in [3.63, 3.8) is 0 Å². The molecular weight excluding hydrogens is 373 g/mol. The maximum absolute atomic E-state index is 12.1. The standard InChI is InChI=1S/C16H24ClN3O2.2ClH/c1-11(9-18-2)16(21)19-13-6-7-20(10-13)14-8-12(17)4-5-15(14)22-3;;/h4-5,8,11,13,18H,6-7,9-10H2,1-3H3,(H,19,21);2*1H. The Kier molecular flexibility index (Phi) is 10.5. The Morgan fingerprint density at radius 2 is 2.17 bits per heavy atom. The minimum Gasteiger partial charge on any atom is -0.495 e. The number of methoxy groups -OCH3 is 1. The summed E-state index contributed by atoms with van der Waals surface area (Å²) in [6.45, 7) is 4.26. The summed E-state index contributed by atoms with van der Waals surface area (Å²) < 4.78 is 5.40. The minimum atomic E-state index is -0.0280. The molecule has 0 aliphatic carbocycles. The number of ether oxygens (including phenoxy) is 1. The van der Waals surface area contributed by atoms with Crippen LogP contribution in [-0.2, 0) is 4.79 Å². The second-order valence-electron chi connectivity index (χ2n) is 5.72. The topological polar surface area (TPSA) is 53.6 Å². The third-order valence-corrected chi connectivity index (χ3v) is 4.21. The molecule has 2 atom stereocenters. The highest BCUT2D eigenvalue weighted by Crippen LogP contribution is 2.33. The minimum absolute atomic E-state index is 0. The van der Waals surface area contributed by atoms with E-state index in [1.807, 2.05) is 32.2 Å². The fraction of sp³-hybridized carbons (Fsp3) is 0.562. The van der Waals surface area contributed by atoms with Gasteiger partial charge in [0.2, 0.25) is 5.91 Å². The van der Waals surface area contributed by atoms with Gasteiger partial charge in [0.25, 0.3) is 0 Å². The molecule has 1 aliphatic heterocycles. The summed E-state index contributed by atoms with van der Waals surface area (Å²) >= 11 is 6.09. The molecule has 2 unspecified atom stereocenters. The number of hydrogen-bond acceptors (Lipinski definition) is 4. The first-order chi connectivity index (χ1) is 10.5. The summed E-state index contributed by atoms with van der Waals surface area (Å²) in [7, 11) is 3.51. The molecule has 1 aliphatic rings. The highest BCUT2D eigenvalue weighted by molar-refractivity contribution is 6.30. The fourth-order valence-electron chi connectivity index (χ4n) is 2.75. The van der Waals surface area contributed by atoms with E-state index in [9.17, 15) is 4.79 Å². The van der Waals surface area contributed by atoms with Crippen LogP contribution in [0.25, 0.3) is 0 Å². The van der Waals surface area contributed by atoms with Gasteiger partial charge in [-0.1, -0.05) is 18.5 Å². The smallest absolute Gasteiger partial charge is 0.224 e. The summed E-state index contributed by atoms with van der Waals surface area (Å²) in [5.74, 6) is 0.874. The highest BCUT2D eigenvalue weighted by Gasteiger charge is 2.27. The van der Waals surface area contributed by atoms with E-state index in [1.54, 1.807) is 7.11 Å². The molecule has 8 heteroatoms. The summed E-state index contributed by atoms with van der Waals surface area (Å²) in [4.78, 5) is 14.3. The molecule has 0 radical (unpaired) electrons. The molecular formula is C16H26Cl3N3O2. The van der Waals surface area contributed by atoms with Crippen LogP contribution in [0.3, 0.4) is 0 Å². The molecule has 2 N–H and O–H groups in total. The normalized spacial score (nSPS) is 17.5. The van der Waals surface area contributed by atoms with Crippen molar-refractivity contribution in [3.05, 3.63) is 23.2 Å². The zero-order chi connectivity index (χ0) is 16.1. The largest absolute Gasteiger partial charge is 0.495 e. The molecule has 2 rings (SSSR count). The Hall–Kier alpha value is -0.880. The van der Waals surface area contributed by atoms with E-state index in [0.29, 0.717) is 11.6 Å². The Balaban J connectivity index is 0.00000264. The average molecular weight is 399 g/mol. The van der Waals surface area contributed by atoms with Gasteiger partial charge in [0.05, 0.1) is 12.8 Å². The summed E-state index contributed by atoms with van der Waals surface area (Å²) in [6.07, 6.45) is 0.924. The SMILES string of the molecule is CNCC(C)C(=O)NC1CCN(c2cc(Cl)ccc2OC)C1.Cl.Cl. The number of halogens is 3. The van der Waals surface area contributed by atoms with Gasteiger partial charge in [-0.25, -0.2) is 0 Å². The maximum atomic E-state index is 12.1. The van der Waals surface area contributed by atoms with Gasteiger partial charge >= 0.3 is 0 Å². The lowest BCUT2D eigenvalue weighted by atomic mass is 10.1. The van der Waals surface area contributed by atoms with Crippen molar-refractivity contribution in [2.24, 2.45) is 5.92 Å². The third kappa shape index (κ3) is 5.88. The monoisotopic (exact) mass is 397 g/mol. The molecule has 1 aromatic rings. The molecule has 1 fully saturated rings. The van der Waals surface area contributed by atoms with E-state index in [1.165, 1.54) is 0 Å². The summed E-state index contributed by atoms with van der Waals surface area (Å²) in [5.41, 5.74) is 0.982. The number of amides is 1. The summed E-state index contributed by atoms with van der Waals surface area (Å²) in [5, 5.41) is 6.83. The van der Waals surface area contributed by atoms with Gasteiger partial charge in [0.1, 0.15) is 5.75 Å². The number of carbonyl (C=O) groups is 1. The molecule has 1 saturated heterocycles. The fourth-order valence-corrected chi connectivity index (χ4v) is 2.92. The van der Waals surface area contributed by atoms with Crippen LogP contribution >= 0.6 is 36.4 Å². The van der Waals surface area contributed by atoms with Gasteiger partial charge < -0.3 is 20.3 Å². The zero-order valence-electron chi connectivity index (χ0n) is 14.2. The molecule has 1 heterocycles. The quantitative estimate of drug-likeness (QED) is 0.773. The number of anilines is 1. The van der Waals surface area contributed by atoms with Crippen LogP contribution in [0, 0.1) is 5.92 Å². The summed E-state index contributed by atoms with van der Waals surface area (Å²) in [6, 6.07) is 5.77. The molecule has 138 valence electrons. The van der Waals surface area contributed by atoms with Crippen LogP contribution in [-0.4, -0.2) is 45.7 Å². The third-order valence-electron chi connectivity index (χ3n) is 3.97. The van der Waals surface area contributed by atoms with Crippen molar-refractivity contribution in [1.82, 2.24) is 10.6 Å². The zero-order valence-corrected chi connectivity index (χ0v) is 16.6. The number of hydrogen-bond donors (Lipinski definition) is 2. The molecule has 0 saturated carbocycles. The lowest BCUT2D eigenvalue weighted by Gasteiger charge is -2.22. The van der Waals surface area contributed by atoms with E-state index in [4.69, 9.17) is 16.3 Å². The van der Waals surface area contributed by atoms with Crippen LogP contribution in [0.15, 0.2) is 18.2 Å². The lowest BCUT2D eigenvalue weighted by molar-refractivity contribution is -0.124. The maximum Gasteiger partial charge on any atom is 0.224 e. The molecule has 1 aromatic carbocycles. The predicted molar refractivity (Wildman–Crippen MR) is 104 cm³/mol. The molecule has 5 nitrogen and oxygen atoms in total. The Morgan fingerprint density at radius 3 is 2.79 bits per heavy atom. The molecule has 0 spiro atoms. The van der Waals surface area contributed by atoms with Crippen LogP contribution in [0.2, 0.25) is 5.02 Å². The molecule has 1 amide bonds. The molecule has 0 bridgehead atoms. The van der Waals surface area contributed by atoms with Crippen molar-refractivity contribution < 1.29 is 9.53 Å². The van der Waals surface area contributed by atoms with Crippen molar-refractivity contribution in [2.75, 3.05) is 38.7 Å². The number of nitrogens with one attached hydrogen (secondary N) is 2.